The van der Waals surface area contributed by atoms with Gasteiger partial charge in [-0.1, -0.05) is 18.2 Å². The molecule has 3 rings (SSSR count). The van der Waals surface area contributed by atoms with Gasteiger partial charge in [0.05, 0.1) is 12.7 Å². The Kier molecular flexibility index (Phi) is 4.55. The Hall–Kier alpha value is -1.10. The average molecular weight is 276 g/mol. The highest BCUT2D eigenvalue weighted by Crippen LogP contribution is 2.30. The number of nitrogens with zero attached hydrogens (tertiary/aromatic N) is 1. The number of benzene rings is 1. The van der Waals surface area contributed by atoms with E-state index in [1.807, 2.05) is 6.07 Å². The number of nitrogens with one attached hydrogen (secondary N) is 1. The number of hydrogen-bond donors (Lipinski definition) is 1. The van der Waals surface area contributed by atoms with E-state index in [1.54, 1.807) is 0 Å². The molecule has 2 fully saturated rings. The van der Waals surface area contributed by atoms with Crippen LogP contribution in [0.3, 0.4) is 0 Å². The second kappa shape index (κ2) is 6.57. The van der Waals surface area contributed by atoms with E-state index >= 15 is 0 Å². The quantitative estimate of drug-likeness (QED) is 0.913. The molecule has 1 N–H and O–H groups in total. The van der Waals surface area contributed by atoms with Crippen LogP contribution in [0.15, 0.2) is 24.3 Å². The van der Waals surface area contributed by atoms with Crippen molar-refractivity contribution in [2.45, 2.75) is 25.0 Å². The van der Waals surface area contributed by atoms with Crippen molar-refractivity contribution in [3.8, 4) is 5.75 Å². The minimum Gasteiger partial charge on any atom is -0.489 e. The summed E-state index contributed by atoms with van der Waals surface area (Å²) in [4.78, 5) is 2.34. The number of piperidine rings is 1. The van der Waals surface area contributed by atoms with Crippen LogP contribution in [-0.2, 0) is 4.74 Å². The lowest BCUT2D eigenvalue weighted by molar-refractivity contribution is 0.0235. The van der Waals surface area contributed by atoms with Gasteiger partial charge >= 0.3 is 0 Å². The van der Waals surface area contributed by atoms with E-state index in [0.29, 0.717) is 6.10 Å². The number of likely N-dealkylation sites (tertiary alicyclic amines) is 1. The van der Waals surface area contributed by atoms with Crippen LogP contribution in [0.4, 0.5) is 0 Å². The monoisotopic (exact) mass is 276 g/mol. The Morgan fingerprint density at radius 2 is 2.25 bits per heavy atom. The summed E-state index contributed by atoms with van der Waals surface area (Å²) in [6, 6.07) is 8.30. The molecule has 1 aromatic rings. The van der Waals surface area contributed by atoms with Crippen molar-refractivity contribution in [2.24, 2.45) is 0 Å². The normalized spacial score (nSPS) is 28.2. The summed E-state index contributed by atoms with van der Waals surface area (Å²) in [5.41, 5.74) is 1.17. The van der Waals surface area contributed by atoms with Crippen molar-refractivity contribution < 1.29 is 9.47 Å². The van der Waals surface area contributed by atoms with Crippen LogP contribution in [-0.4, -0.2) is 50.8 Å². The van der Waals surface area contributed by atoms with E-state index in [4.69, 9.17) is 9.47 Å². The first-order chi connectivity index (χ1) is 9.83. The van der Waals surface area contributed by atoms with E-state index in [0.717, 1.165) is 38.4 Å². The maximum absolute atomic E-state index is 6.26. The zero-order valence-electron chi connectivity index (χ0n) is 12.2. The molecule has 2 saturated heterocycles. The molecule has 1 aromatic carbocycles. The molecule has 2 aliphatic rings. The molecule has 0 saturated carbocycles. The minimum atomic E-state index is 0.112. The lowest BCUT2D eigenvalue weighted by Gasteiger charge is -2.32. The van der Waals surface area contributed by atoms with E-state index in [9.17, 15) is 0 Å². The number of morpholine rings is 1. The fraction of sp³-hybridized carbons (Fsp3) is 0.625. The molecule has 0 radical (unpaired) electrons. The van der Waals surface area contributed by atoms with E-state index in [2.05, 4.69) is 35.5 Å². The first-order valence-corrected chi connectivity index (χ1v) is 7.59. The Balaban J connectivity index is 1.71. The molecule has 0 amide bonds. The summed E-state index contributed by atoms with van der Waals surface area (Å²) >= 11 is 0. The SMILES string of the molecule is CN1CCCC(Oc2ccccc2C2CNCCO2)C1. The fourth-order valence-electron chi connectivity index (χ4n) is 3.01. The maximum atomic E-state index is 6.26. The third-order valence-corrected chi connectivity index (χ3v) is 4.07. The highest BCUT2D eigenvalue weighted by atomic mass is 16.5. The predicted molar refractivity (Wildman–Crippen MR) is 79.2 cm³/mol. The van der Waals surface area contributed by atoms with Crippen molar-refractivity contribution in [1.29, 1.82) is 0 Å². The molecule has 4 heteroatoms. The van der Waals surface area contributed by atoms with Gasteiger partial charge < -0.3 is 19.7 Å². The Morgan fingerprint density at radius 1 is 1.35 bits per heavy atom. The summed E-state index contributed by atoms with van der Waals surface area (Å²) < 4.78 is 12.1. The van der Waals surface area contributed by atoms with Crippen molar-refractivity contribution in [2.75, 3.05) is 39.8 Å². The fourth-order valence-corrected chi connectivity index (χ4v) is 3.01. The Morgan fingerprint density at radius 3 is 3.05 bits per heavy atom. The smallest absolute Gasteiger partial charge is 0.125 e. The number of rotatable bonds is 3. The molecule has 0 aliphatic carbocycles. The zero-order valence-corrected chi connectivity index (χ0v) is 12.2. The number of para-hydroxylation sites is 1. The Bertz CT molecular complexity index is 432. The molecule has 110 valence electrons. The number of ether oxygens (including phenoxy) is 2. The van der Waals surface area contributed by atoms with Crippen LogP contribution in [0.25, 0.3) is 0 Å². The molecule has 4 nitrogen and oxygen atoms in total. The first-order valence-electron chi connectivity index (χ1n) is 7.59. The molecule has 2 aliphatic heterocycles. The average Bonchev–Trinajstić information content (AvgIpc) is 2.49. The van der Waals surface area contributed by atoms with E-state index < -0.39 is 0 Å². The van der Waals surface area contributed by atoms with E-state index in [1.165, 1.54) is 18.5 Å². The Labute approximate surface area is 121 Å². The second-order valence-corrected chi connectivity index (χ2v) is 5.75. The van der Waals surface area contributed by atoms with Crippen LogP contribution < -0.4 is 10.1 Å². The van der Waals surface area contributed by atoms with Gasteiger partial charge in [0.25, 0.3) is 0 Å². The summed E-state index contributed by atoms with van der Waals surface area (Å²) in [5.74, 6) is 0.988. The highest BCUT2D eigenvalue weighted by molar-refractivity contribution is 5.36. The molecule has 2 unspecified atom stereocenters. The number of hydrogen-bond acceptors (Lipinski definition) is 4. The molecular formula is C16H24N2O2. The van der Waals surface area contributed by atoms with Gasteiger partial charge in [0.1, 0.15) is 11.9 Å². The minimum absolute atomic E-state index is 0.112. The van der Waals surface area contributed by atoms with Crippen LogP contribution in [0, 0.1) is 0 Å². The standard InChI is InChI=1S/C16H24N2O2/c1-18-9-4-5-13(12-18)20-15-7-3-2-6-14(15)16-11-17-8-10-19-16/h2-3,6-7,13,16-17H,4-5,8-12H2,1H3. The zero-order chi connectivity index (χ0) is 13.8. The molecule has 2 atom stereocenters. The summed E-state index contributed by atoms with van der Waals surface area (Å²) in [6.07, 6.45) is 2.76. The maximum Gasteiger partial charge on any atom is 0.125 e. The van der Waals surface area contributed by atoms with Crippen molar-refractivity contribution in [3.63, 3.8) is 0 Å². The van der Waals surface area contributed by atoms with Gasteiger partial charge in [-0.15, -0.1) is 0 Å². The lowest BCUT2D eigenvalue weighted by atomic mass is 10.1. The van der Waals surface area contributed by atoms with Gasteiger partial charge in [-0.3, -0.25) is 0 Å². The largest absolute Gasteiger partial charge is 0.489 e. The topological polar surface area (TPSA) is 33.7 Å². The van der Waals surface area contributed by atoms with Crippen LogP contribution in [0.5, 0.6) is 5.75 Å². The predicted octanol–water partition coefficient (Wildman–Crippen LogP) is 1.82. The lowest BCUT2D eigenvalue weighted by Crippen LogP contribution is -2.39. The van der Waals surface area contributed by atoms with Gasteiger partial charge in [0.15, 0.2) is 0 Å². The van der Waals surface area contributed by atoms with Crippen LogP contribution >= 0.6 is 0 Å². The van der Waals surface area contributed by atoms with Crippen LogP contribution in [0.2, 0.25) is 0 Å². The molecule has 20 heavy (non-hydrogen) atoms. The van der Waals surface area contributed by atoms with Crippen LogP contribution in [0.1, 0.15) is 24.5 Å². The van der Waals surface area contributed by atoms with Gasteiger partial charge in [0.2, 0.25) is 0 Å². The molecule has 2 heterocycles. The summed E-state index contributed by atoms with van der Waals surface area (Å²) in [7, 11) is 2.16. The first kappa shape index (κ1) is 13.9. The van der Waals surface area contributed by atoms with Gasteiger partial charge in [-0.2, -0.15) is 0 Å². The second-order valence-electron chi connectivity index (χ2n) is 5.75. The molecule has 0 aromatic heterocycles. The van der Waals surface area contributed by atoms with Crippen molar-refractivity contribution in [1.82, 2.24) is 10.2 Å². The summed E-state index contributed by atoms with van der Waals surface area (Å²) in [6.45, 7) is 4.76. The van der Waals surface area contributed by atoms with E-state index in [-0.39, 0.29) is 6.10 Å². The molecular weight excluding hydrogens is 252 g/mol. The third-order valence-electron chi connectivity index (χ3n) is 4.07. The van der Waals surface area contributed by atoms with Gasteiger partial charge in [-0.05, 0) is 32.5 Å². The molecule has 0 bridgehead atoms. The number of likely N-dealkylation sites (N-methyl/N-ethyl adjacent to an activating group) is 1. The van der Waals surface area contributed by atoms with Crippen molar-refractivity contribution >= 4 is 0 Å². The van der Waals surface area contributed by atoms with Gasteiger partial charge in [0, 0.05) is 25.2 Å². The summed E-state index contributed by atoms with van der Waals surface area (Å²) in [5, 5.41) is 3.38. The van der Waals surface area contributed by atoms with Crippen molar-refractivity contribution in [3.05, 3.63) is 29.8 Å². The molecule has 0 spiro atoms. The third kappa shape index (κ3) is 3.32. The highest BCUT2D eigenvalue weighted by Gasteiger charge is 2.23. The van der Waals surface area contributed by atoms with Gasteiger partial charge in [-0.25, -0.2) is 0 Å².